The van der Waals surface area contributed by atoms with E-state index in [0.29, 0.717) is 0 Å². The van der Waals surface area contributed by atoms with Crippen molar-refractivity contribution >= 4 is 0 Å². The molecular weight excluding hydrogens is 234 g/mol. The second kappa shape index (κ2) is 7.63. The smallest absolute Gasteiger partial charge is 0.0237 e. The maximum absolute atomic E-state index is 3.24. The fourth-order valence-corrected chi connectivity index (χ4v) is 2.71. The molecule has 1 fully saturated rings. The highest BCUT2D eigenvalue weighted by atomic mass is 15.2. The van der Waals surface area contributed by atoms with Gasteiger partial charge in [-0.05, 0) is 57.7 Å². The summed E-state index contributed by atoms with van der Waals surface area (Å²) in [6.07, 6.45) is 2.41. The molecule has 1 aliphatic rings. The summed E-state index contributed by atoms with van der Waals surface area (Å²) in [6, 6.07) is 8.89. The van der Waals surface area contributed by atoms with Crippen LogP contribution in [0.5, 0.6) is 0 Å². The van der Waals surface area contributed by atoms with Crippen LogP contribution in [-0.4, -0.2) is 56.6 Å². The van der Waals surface area contributed by atoms with Crippen LogP contribution in [0.25, 0.3) is 0 Å². The molecule has 106 valence electrons. The SMILES string of the molecule is CNCCc1ccccc1CN1CCCN(C)CC1. The van der Waals surface area contributed by atoms with Crippen molar-refractivity contribution in [2.45, 2.75) is 19.4 Å². The Morgan fingerprint density at radius 2 is 1.84 bits per heavy atom. The van der Waals surface area contributed by atoms with Crippen LogP contribution in [0.2, 0.25) is 0 Å². The standard InChI is InChI=1S/C16H27N3/c1-17-9-8-15-6-3-4-7-16(15)14-19-11-5-10-18(2)12-13-19/h3-4,6-7,17H,5,8-14H2,1-2H3. The molecule has 0 amide bonds. The fraction of sp³-hybridized carbons (Fsp3) is 0.625. The maximum Gasteiger partial charge on any atom is 0.0237 e. The van der Waals surface area contributed by atoms with Gasteiger partial charge in [0.25, 0.3) is 0 Å². The summed E-state index contributed by atoms with van der Waals surface area (Å²) in [5, 5.41) is 3.24. The van der Waals surface area contributed by atoms with Gasteiger partial charge in [-0.3, -0.25) is 4.90 Å². The lowest BCUT2D eigenvalue weighted by molar-refractivity contribution is 0.268. The van der Waals surface area contributed by atoms with Gasteiger partial charge in [-0.2, -0.15) is 0 Å². The molecule has 0 radical (unpaired) electrons. The van der Waals surface area contributed by atoms with E-state index in [1.54, 1.807) is 0 Å². The lowest BCUT2D eigenvalue weighted by Gasteiger charge is -2.21. The molecule has 0 spiro atoms. The van der Waals surface area contributed by atoms with Crippen LogP contribution in [0, 0.1) is 0 Å². The van der Waals surface area contributed by atoms with Gasteiger partial charge in [0.05, 0.1) is 0 Å². The first-order valence-corrected chi connectivity index (χ1v) is 7.42. The molecule has 1 aliphatic heterocycles. The molecule has 0 aliphatic carbocycles. The molecule has 0 aromatic heterocycles. The van der Waals surface area contributed by atoms with Crippen LogP contribution >= 0.6 is 0 Å². The van der Waals surface area contributed by atoms with Gasteiger partial charge in [-0.1, -0.05) is 24.3 Å². The molecule has 1 heterocycles. The molecule has 1 saturated heterocycles. The fourth-order valence-electron chi connectivity index (χ4n) is 2.71. The number of hydrogen-bond acceptors (Lipinski definition) is 3. The van der Waals surface area contributed by atoms with Gasteiger partial charge in [0.15, 0.2) is 0 Å². The molecule has 3 heteroatoms. The van der Waals surface area contributed by atoms with Gasteiger partial charge >= 0.3 is 0 Å². The van der Waals surface area contributed by atoms with Gasteiger partial charge in [0.2, 0.25) is 0 Å². The summed E-state index contributed by atoms with van der Waals surface area (Å²) in [5.41, 5.74) is 3.00. The summed E-state index contributed by atoms with van der Waals surface area (Å²) in [5.74, 6) is 0. The normalized spacial score (nSPS) is 18.4. The second-order valence-corrected chi connectivity index (χ2v) is 5.56. The van der Waals surface area contributed by atoms with E-state index in [2.05, 4.69) is 46.4 Å². The Balaban J connectivity index is 1.97. The highest BCUT2D eigenvalue weighted by Gasteiger charge is 2.13. The van der Waals surface area contributed by atoms with Crippen molar-refractivity contribution in [1.29, 1.82) is 0 Å². The average Bonchev–Trinajstić information content (AvgIpc) is 2.63. The van der Waals surface area contributed by atoms with Crippen molar-refractivity contribution in [3.63, 3.8) is 0 Å². The molecule has 19 heavy (non-hydrogen) atoms. The van der Waals surface area contributed by atoms with E-state index in [4.69, 9.17) is 0 Å². The highest BCUT2D eigenvalue weighted by Crippen LogP contribution is 2.13. The van der Waals surface area contributed by atoms with E-state index in [9.17, 15) is 0 Å². The Morgan fingerprint density at radius 1 is 1.05 bits per heavy atom. The summed E-state index contributed by atoms with van der Waals surface area (Å²) in [4.78, 5) is 5.04. The summed E-state index contributed by atoms with van der Waals surface area (Å²) >= 11 is 0. The van der Waals surface area contributed by atoms with E-state index < -0.39 is 0 Å². The first kappa shape index (κ1) is 14.5. The van der Waals surface area contributed by atoms with Crippen LogP contribution in [0.1, 0.15) is 17.5 Å². The van der Waals surface area contributed by atoms with Crippen molar-refractivity contribution in [3.05, 3.63) is 35.4 Å². The molecule has 0 bridgehead atoms. The topological polar surface area (TPSA) is 18.5 Å². The van der Waals surface area contributed by atoms with Crippen LogP contribution < -0.4 is 5.32 Å². The van der Waals surface area contributed by atoms with Gasteiger partial charge in [0, 0.05) is 19.6 Å². The molecule has 0 unspecified atom stereocenters. The molecule has 0 saturated carbocycles. The molecule has 1 aromatic carbocycles. The maximum atomic E-state index is 3.24. The van der Waals surface area contributed by atoms with E-state index in [0.717, 1.165) is 19.5 Å². The van der Waals surface area contributed by atoms with Gasteiger partial charge in [-0.25, -0.2) is 0 Å². The van der Waals surface area contributed by atoms with Crippen LogP contribution in [0.4, 0.5) is 0 Å². The van der Waals surface area contributed by atoms with Crippen molar-refractivity contribution in [3.8, 4) is 0 Å². The molecular formula is C16H27N3. The Bertz CT molecular complexity index is 378. The summed E-state index contributed by atoms with van der Waals surface area (Å²) < 4.78 is 0. The number of likely N-dealkylation sites (N-methyl/N-ethyl adjacent to an activating group) is 2. The van der Waals surface area contributed by atoms with E-state index >= 15 is 0 Å². The Morgan fingerprint density at radius 3 is 2.63 bits per heavy atom. The highest BCUT2D eigenvalue weighted by molar-refractivity contribution is 5.27. The number of benzene rings is 1. The predicted octanol–water partition coefficient (Wildman–Crippen LogP) is 1.59. The number of nitrogens with zero attached hydrogens (tertiary/aromatic N) is 2. The Hall–Kier alpha value is -0.900. The third-order valence-electron chi connectivity index (χ3n) is 3.97. The quantitative estimate of drug-likeness (QED) is 0.868. The number of nitrogens with one attached hydrogen (secondary N) is 1. The van der Waals surface area contributed by atoms with E-state index in [-0.39, 0.29) is 0 Å². The largest absolute Gasteiger partial charge is 0.319 e. The minimum atomic E-state index is 1.06. The zero-order chi connectivity index (χ0) is 13.5. The zero-order valence-electron chi connectivity index (χ0n) is 12.4. The molecule has 3 nitrogen and oxygen atoms in total. The Labute approximate surface area is 117 Å². The summed E-state index contributed by atoms with van der Waals surface area (Å²) in [6.45, 7) is 7.01. The molecule has 0 atom stereocenters. The van der Waals surface area contributed by atoms with Gasteiger partial charge in [0.1, 0.15) is 0 Å². The van der Waals surface area contributed by atoms with Crippen molar-refractivity contribution in [2.24, 2.45) is 0 Å². The lowest BCUT2D eigenvalue weighted by Crippen LogP contribution is -2.29. The molecule has 1 N–H and O–H groups in total. The number of rotatable bonds is 5. The van der Waals surface area contributed by atoms with Crippen molar-refractivity contribution in [2.75, 3.05) is 46.8 Å². The third-order valence-corrected chi connectivity index (χ3v) is 3.97. The zero-order valence-corrected chi connectivity index (χ0v) is 12.4. The van der Waals surface area contributed by atoms with Crippen molar-refractivity contribution in [1.82, 2.24) is 15.1 Å². The van der Waals surface area contributed by atoms with Crippen LogP contribution in [0.15, 0.2) is 24.3 Å². The first-order valence-electron chi connectivity index (χ1n) is 7.42. The van der Waals surface area contributed by atoms with E-state index in [1.165, 1.54) is 43.7 Å². The van der Waals surface area contributed by atoms with Crippen molar-refractivity contribution < 1.29 is 0 Å². The minimum Gasteiger partial charge on any atom is -0.319 e. The Kier molecular flexibility index (Phi) is 5.83. The predicted molar refractivity (Wildman–Crippen MR) is 81.5 cm³/mol. The molecule has 1 aromatic rings. The van der Waals surface area contributed by atoms with Crippen LogP contribution in [0.3, 0.4) is 0 Å². The van der Waals surface area contributed by atoms with Gasteiger partial charge in [-0.15, -0.1) is 0 Å². The third kappa shape index (κ3) is 4.60. The average molecular weight is 261 g/mol. The second-order valence-electron chi connectivity index (χ2n) is 5.56. The lowest BCUT2D eigenvalue weighted by atomic mass is 10.0. The first-order chi connectivity index (χ1) is 9.29. The van der Waals surface area contributed by atoms with Gasteiger partial charge < -0.3 is 10.2 Å². The monoisotopic (exact) mass is 261 g/mol. The number of hydrogen-bond donors (Lipinski definition) is 1. The van der Waals surface area contributed by atoms with Crippen LogP contribution in [-0.2, 0) is 13.0 Å². The molecule has 2 rings (SSSR count). The summed E-state index contributed by atoms with van der Waals surface area (Å²) in [7, 11) is 4.25. The van der Waals surface area contributed by atoms with E-state index in [1.807, 2.05) is 7.05 Å². The minimum absolute atomic E-state index is 1.06.